The fourth-order valence-electron chi connectivity index (χ4n) is 3.61. The zero-order valence-electron chi connectivity index (χ0n) is 18.3. The molecule has 0 aliphatic carbocycles. The Morgan fingerprint density at radius 2 is 1.81 bits per heavy atom. The van der Waals surface area contributed by atoms with Crippen LogP contribution in [-0.2, 0) is 14.3 Å². The molecule has 1 saturated heterocycles. The molecule has 2 heterocycles. The first-order valence-corrected chi connectivity index (χ1v) is 10.5. The van der Waals surface area contributed by atoms with Gasteiger partial charge in [0.15, 0.2) is 6.10 Å². The number of nitrogens with one attached hydrogen (secondary N) is 1. The van der Waals surface area contributed by atoms with Crippen LogP contribution in [-0.4, -0.2) is 51.4 Å². The molecule has 1 aliphatic rings. The third-order valence-electron chi connectivity index (χ3n) is 5.49. The van der Waals surface area contributed by atoms with Gasteiger partial charge in [-0.1, -0.05) is 0 Å². The lowest BCUT2D eigenvalue weighted by atomic mass is 10.1. The number of furan rings is 1. The lowest BCUT2D eigenvalue weighted by Crippen LogP contribution is -2.36. The topological polar surface area (TPSA) is 90.2 Å². The number of hydrogen-bond acceptors (Lipinski definition) is 7. The van der Waals surface area contributed by atoms with Gasteiger partial charge >= 0.3 is 5.97 Å². The second kappa shape index (κ2) is 9.32. The predicted molar refractivity (Wildman–Crippen MR) is 120 cm³/mol. The summed E-state index contributed by atoms with van der Waals surface area (Å²) in [4.78, 5) is 27.4. The van der Waals surface area contributed by atoms with Crippen molar-refractivity contribution in [3.8, 4) is 5.75 Å². The molecule has 1 atom stereocenters. The van der Waals surface area contributed by atoms with Gasteiger partial charge in [-0.05, 0) is 56.3 Å². The Bertz CT molecular complexity index is 1120. The monoisotopic (exact) mass is 438 g/mol. The molecule has 1 aliphatic heterocycles. The van der Waals surface area contributed by atoms with Gasteiger partial charge in [0.2, 0.25) is 5.76 Å². The highest BCUT2D eigenvalue weighted by Crippen LogP contribution is 2.29. The van der Waals surface area contributed by atoms with Gasteiger partial charge in [-0.25, -0.2) is 4.79 Å². The van der Waals surface area contributed by atoms with E-state index < -0.39 is 18.0 Å². The zero-order chi connectivity index (χ0) is 22.7. The van der Waals surface area contributed by atoms with Crippen LogP contribution in [0.5, 0.6) is 5.75 Å². The van der Waals surface area contributed by atoms with Gasteiger partial charge in [-0.2, -0.15) is 0 Å². The summed E-state index contributed by atoms with van der Waals surface area (Å²) in [6, 6.07) is 12.8. The molecule has 1 aromatic heterocycles. The molecule has 1 fully saturated rings. The standard InChI is InChI=1S/C24H26N2O6/c1-15-20-14-19(29-3)8-9-21(20)32-22(15)24(28)31-16(2)23(27)25-17-4-6-18(7-5-17)26-10-12-30-13-11-26/h4-9,14,16H,10-13H2,1-3H3,(H,25,27)/t16-/m0/s1. The molecule has 8 heteroatoms. The van der Waals surface area contributed by atoms with Crippen molar-refractivity contribution in [1.82, 2.24) is 0 Å². The summed E-state index contributed by atoms with van der Waals surface area (Å²) in [6.45, 7) is 6.39. The van der Waals surface area contributed by atoms with E-state index in [1.54, 1.807) is 32.2 Å². The van der Waals surface area contributed by atoms with Gasteiger partial charge in [0.1, 0.15) is 11.3 Å². The summed E-state index contributed by atoms with van der Waals surface area (Å²) < 4.78 is 21.6. The summed E-state index contributed by atoms with van der Waals surface area (Å²) in [5.74, 6) is -0.382. The summed E-state index contributed by atoms with van der Waals surface area (Å²) >= 11 is 0. The van der Waals surface area contributed by atoms with E-state index in [2.05, 4.69) is 10.2 Å². The van der Waals surface area contributed by atoms with Crippen molar-refractivity contribution in [1.29, 1.82) is 0 Å². The van der Waals surface area contributed by atoms with Crippen LogP contribution >= 0.6 is 0 Å². The zero-order valence-corrected chi connectivity index (χ0v) is 18.3. The van der Waals surface area contributed by atoms with Crippen LogP contribution in [0.25, 0.3) is 11.0 Å². The number of fused-ring (bicyclic) bond motifs is 1. The number of aryl methyl sites for hydroxylation is 1. The Hall–Kier alpha value is -3.52. The Kier molecular flexibility index (Phi) is 6.32. The van der Waals surface area contributed by atoms with Crippen LogP contribution in [0.3, 0.4) is 0 Å². The van der Waals surface area contributed by atoms with E-state index in [4.69, 9.17) is 18.6 Å². The maximum atomic E-state index is 12.6. The van der Waals surface area contributed by atoms with Crippen LogP contribution in [0, 0.1) is 6.92 Å². The maximum Gasteiger partial charge on any atom is 0.375 e. The van der Waals surface area contributed by atoms with E-state index in [1.165, 1.54) is 6.92 Å². The third kappa shape index (κ3) is 4.55. The highest BCUT2D eigenvalue weighted by molar-refractivity contribution is 5.99. The second-order valence-corrected chi connectivity index (χ2v) is 7.60. The number of nitrogens with zero attached hydrogens (tertiary/aromatic N) is 1. The predicted octanol–water partition coefficient (Wildman–Crippen LogP) is 3.77. The summed E-state index contributed by atoms with van der Waals surface area (Å²) in [5.41, 5.74) is 2.88. The first kappa shape index (κ1) is 21.7. The first-order valence-electron chi connectivity index (χ1n) is 10.5. The number of amides is 1. The fraction of sp³-hybridized carbons (Fsp3) is 0.333. The van der Waals surface area contributed by atoms with E-state index in [0.717, 1.165) is 24.2 Å². The van der Waals surface area contributed by atoms with Gasteiger partial charge in [-0.15, -0.1) is 0 Å². The van der Waals surface area contributed by atoms with Crippen LogP contribution in [0.2, 0.25) is 0 Å². The van der Waals surface area contributed by atoms with Crippen molar-refractivity contribution in [2.24, 2.45) is 0 Å². The average molecular weight is 438 g/mol. The van der Waals surface area contributed by atoms with E-state index >= 15 is 0 Å². The molecular weight excluding hydrogens is 412 g/mol. The van der Waals surface area contributed by atoms with Gasteiger partial charge in [0.25, 0.3) is 5.91 Å². The molecular formula is C24H26N2O6. The van der Waals surface area contributed by atoms with Crippen molar-refractivity contribution in [3.05, 3.63) is 53.8 Å². The average Bonchev–Trinajstić information content (AvgIpc) is 3.16. The number of carbonyl (C=O) groups is 2. The van der Waals surface area contributed by atoms with Gasteiger partial charge in [0, 0.05) is 35.4 Å². The van der Waals surface area contributed by atoms with E-state index in [0.29, 0.717) is 35.8 Å². The quantitative estimate of drug-likeness (QED) is 0.586. The van der Waals surface area contributed by atoms with Crippen molar-refractivity contribution in [2.75, 3.05) is 43.6 Å². The number of methoxy groups -OCH3 is 1. The first-order chi connectivity index (χ1) is 15.5. The second-order valence-electron chi connectivity index (χ2n) is 7.60. The minimum atomic E-state index is -0.997. The van der Waals surface area contributed by atoms with Gasteiger partial charge in [0.05, 0.1) is 20.3 Å². The number of carbonyl (C=O) groups excluding carboxylic acids is 2. The van der Waals surface area contributed by atoms with Crippen LogP contribution in [0.1, 0.15) is 23.0 Å². The summed E-state index contributed by atoms with van der Waals surface area (Å²) in [5, 5.41) is 3.54. The minimum Gasteiger partial charge on any atom is -0.497 e. The highest BCUT2D eigenvalue weighted by atomic mass is 16.6. The van der Waals surface area contributed by atoms with Crippen molar-refractivity contribution >= 4 is 34.2 Å². The third-order valence-corrected chi connectivity index (χ3v) is 5.49. The minimum absolute atomic E-state index is 0.0720. The molecule has 0 spiro atoms. The molecule has 1 N–H and O–H groups in total. The number of anilines is 2. The summed E-state index contributed by atoms with van der Waals surface area (Å²) in [7, 11) is 1.57. The normalized spacial score (nSPS) is 14.8. The lowest BCUT2D eigenvalue weighted by molar-refractivity contribution is -0.123. The van der Waals surface area contributed by atoms with Crippen molar-refractivity contribution in [2.45, 2.75) is 20.0 Å². The Balaban J connectivity index is 1.38. The molecule has 168 valence electrons. The van der Waals surface area contributed by atoms with Crippen LogP contribution in [0.4, 0.5) is 11.4 Å². The molecule has 8 nitrogen and oxygen atoms in total. The SMILES string of the molecule is COc1ccc2oc(C(=O)O[C@@H](C)C(=O)Nc3ccc(N4CCOCC4)cc3)c(C)c2c1. The largest absolute Gasteiger partial charge is 0.497 e. The maximum absolute atomic E-state index is 12.6. The molecule has 1 amide bonds. The molecule has 2 aromatic carbocycles. The number of hydrogen-bond donors (Lipinski definition) is 1. The summed E-state index contributed by atoms with van der Waals surface area (Å²) in [6.07, 6.45) is -0.997. The smallest absolute Gasteiger partial charge is 0.375 e. The van der Waals surface area contributed by atoms with E-state index in [9.17, 15) is 9.59 Å². The van der Waals surface area contributed by atoms with Crippen molar-refractivity contribution in [3.63, 3.8) is 0 Å². The van der Waals surface area contributed by atoms with Gasteiger partial charge in [-0.3, -0.25) is 4.79 Å². The highest BCUT2D eigenvalue weighted by Gasteiger charge is 2.24. The fourth-order valence-corrected chi connectivity index (χ4v) is 3.61. The van der Waals surface area contributed by atoms with E-state index in [-0.39, 0.29) is 5.76 Å². The van der Waals surface area contributed by atoms with Gasteiger partial charge < -0.3 is 28.8 Å². The Labute approximate surface area is 186 Å². The number of esters is 1. The van der Waals surface area contributed by atoms with E-state index in [1.807, 2.05) is 24.3 Å². The molecule has 0 bridgehead atoms. The number of morpholine rings is 1. The Morgan fingerprint density at radius 3 is 2.50 bits per heavy atom. The molecule has 4 rings (SSSR count). The Morgan fingerprint density at radius 1 is 1.09 bits per heavy atom. The lowest BCUT2D eigenvalue weighted by Gasteiger charge is -2.28. The van der Waals surface area contributed by atoms with Crippen molar-refractivity contribution < 1.29 is 28.2 Å². The van der Waals surface area contributed by atoms with Crippen LogP contribution in [0.15, 0.2) is 46.9 Å². The molecule has 0 unspecified atom stereocenters. The number of ether oxygens (including phenoxy) is 3. The van der Waals surface area contributed by atoms with Crippen LogP contribution < -0.4 is 15.0 Å². The number of benzene rings is 2. The molecule has 0 saturated carbocycles. The molecule has 32 heavy (non-hydrogen) atoms. The molecule has 3 aromatic rings. The number of rotatable bonds is 6. The molecule has 0 radical (unpaired) electrons.